The highest BCUT2D eigenvalue weighted by molar-refractivity contribution is 6.06. The van der Waals surface area contributed by atoms with E-state index in [1.54, 1.807) is 32.9 Å². The maximum Gasteiger partial charge on any atom is 0.407 e. The number of alkyl carbamates (subject to hydrolysis) is 1. The second-order valence-corrected chi connectivity index (χ2v) is 35.8. The number of carbonyl (C=O) groups is 8. The zero-order valence-corrected chi connectivity index (χ0v) is 83.0. The van der Waals surface area contributed by atoms with Crippen molar-refractivity contribution in [2.75, 3.05) is 144 Å². The number of aliphatic hydroxyl groups is 1. The number of aliphatic hydroxyl groups excluding tert-OH is 1. The first-order chi connectivity index (χ1) is 71.8. The Labute approximate surface area is 856 Å². The third-order valence-corrected chi connectivity index (χ3v) is 23.9. The van der Waals surface area contributed by atoms with E-state index >= 15 is 28.8 Å². The second kappa shape index (κ2) is 56.5. The van der Waals surface area contributed by atoms with Gasteiger partial charge in [0.15, 0.2) is 46.0 Å². The van der Waals surface area contributed by atoms with Gasteiger partial charge < -0.3 is 99.7 Å². The van der Waals surface area contributed by atoms with Crippen molar-refractivity contribution in [3.8, 4) is 46.0 Å². The summed E-state index contributed by atoms with van der Waals surface area (Å²) >= 11 is 0. The van der Waals surface area contributed by atoms with Gasteiger partial charge in [0.1, 0.15) is 64.7 Å². The molecule has 0 saturated carbocycles. The van der Waals surface area contributed by atoms with Gasteiger partial charge in [-0.25, -0.2) is 4.79 Å². The molecule has 3 aliphatic heterocycles. The third kappa shape index (κ3) is 33.4. The van der Waals surface area contributed by atoms with E-state index in [-0.39, 0.29) is 288 Å². The molecule has 8 amide bonds. The summed E-state index contributed by atoms with van der Waals surface area (Å²) in [6.07, 6.45) is -2.05. The minimum atomic E-state index is -1.50. The fourth-order valence-corrected chi connectivity index (χ4v) is 16.2. The molecule has 0 aromatic heterocycles. The zero-order chi connectivity index (χ0) is 103. The fourth-order valence-electron chi connectivity index (χ4n) is 16.2. The van der Waals surface area contributed by atoms with Crippen molar-refractivity contribution < 1.29 is 95.6 Å². The average Bonchev–Trinajstić information content (AvgIpc) is 0.814. The predicted octanol–water partition coefficient (Wildman–Crippen LogP) is 13.6. The van der Waals surface area contributed by atoms with E-state index in [1.165, 1.54) is 36.4 Å². The summed E-state index contributed by atoms with van der Waals surface area (Å²) in [6, 6.07) is 87.4. The summed E-state index contributed by atoms with van der Waals surface area (Å²) in [5.41, 5.74) is 6.13. The van der Waals surface area contributed by atoms with Crippen LogP contribution in [0.25, 0.3) is 0 Å². The molecule has 12 aromatic carbocycles. The molecule has 10 N–H and O–H groups in total. The number of hydrogen-bond acceptors (Lipinski definition) is 24. The SMILES string of the molecule is CC(C)(C)OC(=O)NCCOCCOCCNC(=O)c1ccc(C(O)NCCN2CCNC(=O)c3ccc(c(OCc4ccccc4)c3OCc3ccccc3)C(=O)NCCN3CCNC(=O)c4ccc(c(OCc5ccccc5)c4OCc4ccccc4)C(=O)NCCN(CCNC(=O)c4ccc(c(OCc5ccccc5)c4OCc4ccccc4)C(=O)NCC3)CC2)c(OCc2ccccc2)c1OCc1ccccc1. The van der Waals surface area contributed by atoms with E-state index in [0.29, 0.717) is 0 Å². The van der Waals surface area contributed by atoms with Gasteiger partial charge in [0.2, 0.25) is 0 Å². The van der Waals surface area contributed by atoms with Crippen LogP contribution in [0, 0.1) is 0 Å². The van der Waals surface area contributed by atoms with Crippen molar-refractivity contribution in [2.24, 2.45) is 0 Å². The lowest BCUT2D eigenvalue weighted by Crippen LogP contribution is -2.45. The molecule has 0 aliphatic carbocycles. The van der Waals surface area contributed by atoms with Crippen LogP contribution < -0.4 is 85.7 Å². The van der Waals surface area contributed by atoms with Crippen molar-refractivity contribution in [2.45, 2.75) is 85.5 Å². The molecule has 12 aromatic rings. The number of hydrogen-bond donors (Lipinski definition) is 10. The minimum Gasteiger partial charge on any atom is -0.485 e. The van der Waals surface area contributed by atoms with Crippen LogP contribution in [-0.2, 0) is 67.1 Å². The topological polar surface area (TPSA) is 376 Å². The molecule has 8 bridgehead atoms. The lowest BCUT2D eigenvalue weighted by molar-refractivity contribution is 0.0399. The zero-order valence-electron chi connectivity index (χ0n) is 83.0. The lowest BCUT2D eigenvalue weighted by Gasteiger charge is -2.29. The highest BCUT2D eigenvalue weighted by atomic mass is 16.6. The Morgan fingerprint density at radius 1 is 0.299 bits per heavy atom. The number of carbonyl (C=O) groups excluding carboxylic acids is 8. The molecule has 147 heavy (non-hydrogen) atoms. The monoisotopic (exact) mass is 2000 g/mol. The van der Waals surface area contributed by atoms with Crippen molar-refractivity contribution in [3.63, 3.8) is 0 Å². The molecule has 1 atom stereocenters. The van der Waals surface area contributed by atoms with Crippen LogP contribution in [0.3, 0.4) is 0 Å². The van der Waals surface area contributed by atoms with Crippen LogP contribution in [0.2, 0.25) is 0 Å². The van der Waals surface area contributed by atoms with Crippen LogP contribution in [0.5, 0.6) is 46.0 Å². The van der Waals surface area contributed by atoms with Crippen molar-refractivity contribution in [1.29, 1.82) is 0 Å². The first kappa shape index (κ1) is 107. The van der Waals surface area contributed by atoms with E-state index in [2.05, 4.69) is 57.7 Å². The van der Waals surface area contributed by atoms with Gasteiger partial charge in [-0.2, -0.15) is 0 Å². The van der Waals surface area contributed by atoms with E-state index in [4.69, 9.17) is 52.1 Å². The molecule has 0 saturated heterocycles. The number of amides is 8. The highest BCUT2D eigenvalue weighted by Gasteiger charge is 2.33. The van der Waals surface area contributed by atoms with Gasteiger partial charge in [0.05, 0.1) is 65.4 Å². The third-order valence-electron chi connectivity index (χ3n) is 23.9. The Balaban J connectivity index is 0.835. The Bertz CT molecular complexity index is 6070. The molecule has 0 spiro atoms. The summed E-state index contributed by atoms with van der Waals surface area (Å²) in [4.78, 5) is 125. The normalized spacial score (nSPS) is 15.1. The molecular weight excluding hydrogens is 1870 g/mol. The summed E-state index contributed by atoms with van der Waals surface area (Å²) < 4.78 is 70.7. The number of benzene rings is 12. The molecule has 768 valence electrons. The number of nitrogens with zero attached hydrogens (tertiary/aromatic N) is 3. The number of ether oxygens (including phenoxy) is 11. The first-order valence-corrected chi connectivity index (χ1v) is 49.5. The van der Waals surface area contributed by atoms with Crippen LogP contribution in [0.1, 0.15) is 150 Å². The molecule has 0 radical (unpaired) electrons. The summed E-state index contributed by atoms with van der Waals surface area (Å²) in [6.45, 7) is 7.74. The summed E-state index contributed by atoms with van der Waals surface area (Å²) in [5, 5.41) is 40.6. The van der Waals surface area contributed by atoms with Crippen LogP contribution in [0.15, 0.2) is 291 Å². The molecule has 3 heterocycles. The van der Waals surface area contributed by atoms with E-state index < -0.39 is 59.3 Å². The van der Waals surface area contributed by atoms with Gasteiger partial charge in [-0.15, -0.1) is 0 Å². The smallest absolute Gasteiger partial charge is 0.407 e. The molecule has 15 rings (SSSR count). The van der Waals surface area contributed by atoms with Gasteiger partial charge >= 0.3 is 6.09 Å². The standard InChI is InChI=1S/C115H128N12O20/c1-115(2,3)147-114(136)124-60-71-138-73-72-137-70-59-123-113(135)97-51-50-96(104(145-80-88-40-24-10-25-41-88)105(97)146-81-89-42-26-11-27-43-89)112(134)122-58-67-127-66-57-121-111(133)95-49-46-92(100(141-76-84-32-16-6-17-33-84)103(95)144-79-87-38-22-9-23-39-87)108(130)118-54-63-125-61-52-116-106(128)90-44-47-93(101(142-77-85-34-18-7-19-35-85)98(90)139-74-82-28-12-4-13-29-82)109(131)119-55-64-126(68-69-127)65-56-120-110(132)94-48-45-91(107(129)117-53-62-125)99(140-75-83-30-14-5-15-31-83)102(94)143-78-86-36-20-8-21-37-86/h4-51,112,122,134H,52-81H2,1-3H3,(H,116,128)(H,117,129)(H,118,130)(H,119,131)(H,120,132)(H,121,133)(H,123,135)(H,124,136). The van der Waals surface area contributed by atoms with Crippen LogP contribution >= 0.6 is 0 Å². The summed E-state index contributed by atoms with van der Waals surface area (Å²) in [7, 11) is 0. The largest absolute Gasteiger partial charge is 0.485 e. The molecule has 32 heteroatoms. The Kier molecular flexibility index (Phi) is 41.2. The van der Waals surface area contributed by atoms with Crippen molar-refractivity contribution in [3.05, 3.63) is 380 Å². The Hall–Kier alpha value is -15.7. The second-order valence-electron chi connectivity index (χ2n) is 35.8. The van der Waals surface area contributed by atoms with Crippen LogP contribution in [-0.4, -0.2) is 217 Å². The van der Waals surface area contributed by atoms with Crippen molar-refractivity contribution >= 4 is 47.4 Å². The minimum absolute atomic E-state index is 0.000872. The van der Waals surface area contributed by atoms with Gasteiger partial charge in [0.25, 0.3) is 41.4 Å². The van der Waals surface area contributed by atoms with E-state index in [9.17, 15) is 14.7 Å². The predicted molar refractivity (Wildman–Crippen MR) is 556 cm³/mol. The number of nitrogens with one attached hydrogen (secondary N) is 9. The Morgan fingerprint density at radius 2 is 0.558 bits per heavy atom. The van der Waals surface area contributed by atoms with Crippen molar-refractivity contribution in [1.82, 2.24) is 62.6 Å². The first-order valence-electron chi connectivity index (χ1n) is 49.5. The highest BCUT2D eigenvalue weighted by Crippen LogP contribution is 2.43. The molecular formula is C115H128N12O20. The molecule has 3 aliphatic rings. The quantitative estimate of drug-likeness (QED) is 0.0126. The Morgan fingerprint density at radius 3 is 0.844 bits per heavy atom. The molecule has 32 nitrogen and oxygen atoms in total. The van der Waals surface area contributed by atoms with Gasteiger partial charge in [-0.3, -0.25) is 53.6 Å². The number of fused-ring (bicyclic) bond motifs is 21. The molecule has 1 unspecified atom stereocenters. The summed E-state index contributed by atoms with van der Waals surface area (Å²) in [5.74, 6) is -3.82. The van der Waals surface area contributed by atoms with Gasteiger partial charge in [-0.1, -0.05) is 249 Å². The maximum absolute atomic E-state index is 15.5. The fraction of sp³-hybridized carbons (Fsp3) is 0.304. The number of rotatable bonds is 39. The van der Waals surface area contributed by atoms with Gasteiger partial charge in [-0.05, 0) is 108 Å². The lowest BCUT2D eigenvalue weighted by atomic mass is 10.1. The molecule has 0 fully saturated rings. The van der Waals surface area contributed by atoms with Crippen LogP contribution in [0.4, 0.5) is 4.79 Å². The van der Waals surface area contributed by atoms with E-state index in [0.717, 1.165) is 44.5 Å². The average molecular weight is 2000 g/mol. The maximum atomic E-state index is 15.5. The van der Waals surface area contributed by atoms with Gasteiger partial charge in [0, 0.05) is 123 Å². The van der Waals surface area contributed by atoms with E-state index in [1.807, 2.05) is 248 Å².